The first-order valence-electron chi connectivity index (χ1n) is 9.37. The number of aromatic nitrogens is 1. The van der Waals surface area contributed by atoms with Gasteiger partial charge in [0.05, 0.1) is 11.6 Å². The molecule has 1 N–H and O–H groups in total. The molecule has 0 unspecified atom stereocenters. The number of fused-ring (bicyclic) bond motifs is 1. The Bertz CT molecular complexity index is 1380. The Morgan fingerprint density at radius 3 is 2.30 bits per heavy atom. The normalized spacial score (nSPS) is 11.1. The zero-order valence-corrected chi connectivity index (χ0v) is 17.4. The van der Waals surface area contributed by atoms with Crippen LogP contribution in [0.5, 0.6) is 5.75 Å². The molecule has 5 nitrogen and oxygen atoms in total. The number of hydrogen-bond donors (Lipinski definition) is 1. The van der Waals surface area contributed by atoms with Crippen LogP contribution in [-0.4, -0.2) is 17.5 Å². The van der Waals surface area contributed by atoms with E-state index < -0.39 is 46.4 Å². The quantitative estimate of drug-likeness (QED) is 0.200. The second-order valence-electron chi connectivity index (χ2n) is 6.68. The van der Waals surface area contributed by atoms with Crippen molar-refractivity contribution in [1.29, 1.82) is 0 Å². The maximum absolute atomic E-state index is 14.1. The van der Waals surface area contributed by atoms with Gasteiger partial charge in [0.1, 0.15) is 16.8 Å². The van der Waals surface area contributed by atoms with Gasteiger partial charge in [-0.2, -0.15) is 0 Å². The van der Waals surface area contributed by atoms with Crippen molar-refractivity contribution in [3.63, 3.8) is 0 Å². The van der Waals surface area contributed by atoms with Gasteiger partial charge in [-0.3, -0.25) is 4.79 Å². The van der Waals surface area contributed by atoms with E-state index in [2.05, 4.69) is 10.3 Å². The number of hydrogen-bond acceptors (Lipinski definition) is 4. The van der Waals surface area contributed by atoms with E-state index in [-0.39, 0.29) is 27.4 Å². The molecule has 0 aliphatic rings. The van der Waals surface area contributed by atoms with Gasteiger partial charge in [0.2, 0.25) is 11.7 Å². The number of carbonyl (C=O) groups excluding carboxylic acids is 1. The molecule has 0 radical (unpaired) electrons. The van der Waals surface area contributed by atoms with Crippen LogP contribution in [0, 0.1) is 29.1 Å². The van der Waals surface area contributed by atoms with E-state index >= 15 is 0 Å². The molecule has 1 heterocycles. The molecule has 0 spiro atoms. The smallest absolute Gasteiger partial charge is 0.255 e. The molecule has 33 heavy (non-hydrogen) atoms. The van der Waals surface area contributed by atoms with Gasteiger partial charge in [-0.25, -0.2) is 26.9 Å². The van der Waals surface area contributed by atoms with Crippen molar-refractivity contribution in [2.45, 2.75) is 6.92 Å². The van der Waals surface area contributed by atoms with Crippen LogP contribution in [0.1, 0.15) is 17.3 Å². The lowest BCUT2D eigenvalue weighted by atomic mass is 10.1. The molecule has 3 aromatic carbocycles. The van der Waals surface area contributed by atoms with E-state index in [9.17, 15) is 26.7 Å². The molecule has 170 valence electrons. The topological polar surface area (TPSA) is 64.4 Å². The fourth-order valence-electron chi connectivity index (χ4n) is 3.02. The highest BCUT2D eigenvalue weighted by Gasteiger charge is 2.29. The largest absolute Gasteiger partial charge is 0.492 e. The first-order valence-corrected chi connectivity index (χ1v) is 9.75. The van der Waals surface area contributed by atoms with Crippen molar-refractivity contribution < 1.29 is 35.9 Å². The summed E-state index contributed by atoms with van der Waals surface area (Å²) in [6.45, 7) is 2.18. The standard InChI is InChI=1S/C22H12ClF5N2O3/c1-2-32-13-5-3-9(7-11(13)23)21(31)29-10-4-6-14-12(8-10)30-22(33-14)15-16(24)18(26)20(28)19(27)17(15)25/h3-8H,2H2,1H3,(H,29,31). The SMILES string of the molecule is CCOc1ccc(C(=O)Nc2ccc3oc(-c4c(F)c(F)c(F)c(F)c4F)nc3c2)cc1Cl. The van der Waals surface area contributed by atoms with Gasteiger partial charge in [0.15, 0.2) is 28.9 Å². The number of anilines is 1. The van der Waals surface area contributed by atoms with Crippen LogP contribution < -0.4 is 10.1 Å². The van der Waals surface area contributed by atoms with Gasteiger partial charge in [0.25, 0.3) is 5.91 Å². The predicted molar refractivity (Wildman–Crippen MR) is 110 cm³/mol. The summed E-state index contributed by atoms with van der Waals surface area (Å²) < 4.78 is 78.9. The minimum atomic E-state index is -2.29. The lowest BCUT2D eigenvalue weighted by Gasteiger charge is -2.08. The fraction of sp³-hybridized carbons (Fsp3) is 0.0909. The molecular weight excluding hydrogens is 471 g/mol. The van der Waals surface area contributed by atoms with Gasteiger partial charge in [0, 0.05) is 11.3 Å². The molecule has 0 atom stereocenters. The van der Waals surface area contributed by atoms with E-state index in [1.54, 1.807) is 6.92 Å². The lowest BCUT2D eigenvalue weighted by molar-refractivity contribution is 0.102. The second-order valence-corrected chi connectivity index (χ2v) is 7.09. The van der Waals surface area contributed by atoms with Gasteiger partial charge >= 0.3 is 0 Å². The van der Waals surface area contributed by atoms with Crippen LogP contribution >= 0.6 is 11.6 Å². The zero-order valence-electron chi connectivity index (χ0n) is 16.6. The third kappa shape index (κ3) is 4.09. The molecule has 0 saturated carbocycles. The summed E-state index contributed by atoms with van der Waals surface area (Å²) >= 11 is 6.09. The number of oxazole rings is 1. The average molecular weight is 483 g/mol. The summed E-state index contributed by atoms with van der Waals surface area (Å²) in [7, 11) is 0. The Labute approximate surface area is 187 Å². The minimum Gasteiger partial charge on any atom is -0.492 e. The lowest BCUT2D eigenvalue weighted by Crippen LogP contribution is -2.11. The first-order chi connectivity index (χ1) is 15.7. The van der Waals surface area contributed by atoms with Crippen molar-refractivity contribution >= 4 is 34.3 Å². The van der Waals surface area contributed by atoms with Crippen LogP contribution in [-0.2, 0) is 0 Å². The summed E-state index contributed by atoms with van der Waals surface area (Å²) in [5, 5.41) is 2.83. The fourth-order valence-corrected chi connectivity index (χ4v) is 3.26. The van der Waals surface area contributed by atoms with Crippen molar-refractivity contribution in [3.8, 4) is 17.2 Å². The van der Waals surface area contributed by atoms with Crippen LogP contribution in [0.4, 0.5) is 27.6 Å². The number of ether oxygens (including phenoxy) is 1. The molecule has 11 heteroatoms. The number of halogens is 6. The highest BCUT2D eigenvalue weighted by Crippen LogP contribution is 2.33. The van der Waals surface area contributed by atoms with Gasteiger partial charge in [-0.15, -0.1) is 0 Å². The van der Waals surface area contributed by atoms with Crippen molar-refractivity contribution in [3.05, 3.63) is 76.1 Å². The Morgan fingerprint density at radius 2 is 1.67 bits per heavy atom. The van der Waals surface area contributed by atoms with Gasteiger partial charge < -0.3 is 14.5 Å². The number of nitrogens with zero attached hydrogens (tertiary/aromatic N) is 1. The molecular formula is C22H12ClF5N2O3. The first kappa shape index (κ1) is 22.5. The minimum absolute atomic E-state index is 0.00366. The number of nitrogens with one attached hydrogen (secondary N) is 1. The number of amides is 1. The van der Waals surface area contributed by atoms with Crippen molar-refractivity contribution in [2.24, 2.45) is 0 Å². The molecule has 0 saturated heterocycles. The van der Waals surface area contributed by atoms with E-state index in [0.29, 0.717) is 12.4 Å². The Morgan fingerprint density at radius 1 is 1.00 bits per heavy atom. The summed E-state index contributed by atoms with van der Waals surface area (Å²) in [5.41, 5.74) is -0.828. The Balaban J connectivity index is 1.65. The second kappa shape index (κ2) is 8.70. The average Bonchev–Trinajstić information content (AvgIpc) is 3.20. The summed E-state index contributed by atoms with van der Waals surface area (Å²) in [5.74, 6) is -11.6. The zero-order chi connectivity index (χ0) is 23.9. The van der Waals surface area contributed by atoms with E-state index in [0.717, 1.165) is 0 Å². The summed E-state index contributed by atoms with van der Waals surface area (Å²) in [4.78, 5) is 16.3. The highest BCUT2D eigenvalue weighted by molar-refractivity contribution is 6.32. The summed E-state index contributed by atoms with van der Waals surface area (Å²) in [6.07, 6.45) is 0. The maximum Gasteiger partial charge on any atom is 0.255 e. The van der Waals surface area contributed by atoms with E-state index in [4.69, 9.17) is 20.8 Å². The molecule has 4 rings (SSSR count). The van der Waals surface area contributed by atoms with Crippen LogP contribution in [0.25, 0.3) is 22.6 Å². The van der Waals surface area contributed by atoms with Gasteiger partial charge in [-0.05, 0) is 43.3 Å². The number of benzene rings is 3. The predicted octanol–water partition coefficient (Wildman–Crippen LogP) is 6.49. The van der Waals surface area contributed by atoms with E-state index in [1.807, 2.05) is 0 Å². The third-order valence-corrected chi connectivity index (χ3v) is 4.86. The summed E-state index contributed by atoms with van der Waals surface area (Å²) in [6, 6.07) is 8.49. The van der Waals surface area contributed by atoms with Gasteiger partial charge in [-0.1, -0.05) is 11.6 Å². The molecule has 0 bridgehead atoms. The number of carbonyl (C=O) groups is 1. The molecule has 0 fully saturated rings. The Hall–Kier alpha value is -3.66. The molecule has 0 aliphatic heterocycles. The maximum atomic E-state index is 14.1. The molecule has 4 aromatic rings. The molecule has 0 aliphatic carbocycles. The van der Waals surface area contributed by atoms with Crippen LogP contribution in [0.2, 0.25) is 5.02 Å². The molecule has 1 amide bonds. The highest BCUT2D eigenvalue weighted by atomic mass is 35.5. The monoisotopic (exact) mass is 482 g/mol. The van der Waals surface area contributed by atoms with Crippen molar-refractivity contribution in [1.82, 2.24) is 4.98 Å². The third-order valence-electron chi connectivity index (χ3n) is 4.56. The Kier molecular flexibility index (Phi) is 5.94. The molecule has 1 aromatic heterocycles. The van der Waals surface area contributed by atoms with Crippen LogP contribution in [0.15, 0.2) is 40.8 Å². The number of rotatable bonds is 5. The van der Waals surface area contributed by atoms with Crippen molar-refractivity contribution in [2.75, 3.05) is 11.9 Å². The van der Waals surface area contributed by atoms with E-state index in [1.165, 1.54) is 36.4 Å². The van der Waals surface area contributed by atoms with Crippen LogP contribution in [0.3, 0.4) is 0 Å².